The van der Waals surface area contributed by atoms with Gasteiger partial charge in [-0.1, -0.05) is 15.9 Å². The van der Waals surface area contributed by atoms with E-state index in [0.29, 0.717) is 11.3 Å². The van der Waals surface area contributed by atoms with Gasteiger partial charge in [0.1, 0.15) is 5.75 Å². The van der Waals surface area contributed by atoms with Gasteiger partial charge in [-0.25, -0.2) is 0 Å². The Kier molecular flexibility index (Phi) is 5.25. The average molecular weight is 287 g/mol. The Balaban J connectivity index is 2.79. The van der Waals surface area contributed by atoms with Gasteiger partial charge in [-0.2, -0.15) is 0 Å². The number of carbonyl (C=O) groups is 1. The van der Waals surface area contributed by atoms with E-state index in [1.165, 1.54) is 7.11 Å². The molecule has 0 unspecified atom stereocenters. The van der Waals surface area contributed by atoms with Gasteiger partial charge in [0.05, 0.1) is 18.9 Å². The molecule has 0 aromatic carbocycles. The van der Waals surface area contributed by atoms with E-state index in [4.69, 9.17) is 4.74 Å². The van der Waals surface area contributed by atoms with Crippen molar-refractivity contribution in [3.63, 3.8) is 0 Å². The van der Waals surface area contributed by atoms with Crippen molar-refractivity contribution in [3.05, 3.63) is 24.0 Å². The SMILES string of the molecule is COc1cnccc1C(=O)N(C)CCCBr. The number of alkyl halides is 1. The Morgan fingerprint density at radius 1 is 1.62 bits per heavy atom. The Bertz CT molecular complexity index is 358. The molecule has 1 rings (SSSR count). The minimum absolute atomic E-state index is 0.0415. The van der Waals surface area contributed by atoms with Gasteiger partial charge < -0.3 is 9.64 Å². The third kappa shape index (κ3) is 3.20. The number of ether oxygens (including phenoxy) is 1. The van der Waals surface area contributed by atoms with Crippen LogP contribution in [-0.2, 0) is 0 Å². The number of rotatable bonds is 5. The molecule has 0 bridgehead atoms. The maximum absolute atomic E-state index is 12.0. The summed E-state index contributed by atoms with van der Waals surface area (Å²) >= 11 is 3.34. The summed E-state index contributed by atoms with van der Waals surface area (Å²) < 4.78 is 5.10. The molecule has 0 aliphatic heterocycles. The van der Waals surface area contributed by atoms with Crippen molar-refractivity contribution in [2.75, 3.05) is 26.0 Å². The van der Waals surface area contributed by atoms with Crippen LogP contribution in [0.1, 0.15) is 16.8 Å². The Hall–Kier alpha value is -1.10. The van der Waals surface area contributed by atoms with Crippen LogP contribution < -0.4 is 4.74 Å². The summed E-state index contributed by atoms with van der Waals surface area (Å²) in [5.74, 6) is 0.471. The van der Waals surface area contributed by atoms with Gasteiger partial charge in [0.25, 0.3) is 5.91 Å². The topological polar surface area (TPSA) is 42.4 Å². The third-order valence-corrected chi connectivity index (χ3v) is 2.77. The number of nitrogens with zero attached hydrogens (tertiary/aromatic N) is 2. The van der Waals surface area contributed by atoms with Gasteiger partial charge in [-0.3, -0.25) is 9.78 Å². The highest BCUT2D eigenvalue weighted by Gasteiger charge is 2.15. The Morgan fingerprint density at radius 2 is 2.38 bits per heavy atom. The quantitative estimate of drug-likeness (QED) is 0.777. The van der Waals surface area contributed by atoms with E-state index in [1.807, 2.05) is 0 Å². The largest absolute Gasteiger partial charge is 0.494 e. The summed E-state index contributed by atoms with van der Waals surface area (Å²) in [5, 5.41) is 0.887. The van der Waals surface area contributed by atoms with Crippen LogP contribution in [0, 0.1) is 0 Å². The highest BCUT2D eigenvalue weighted by molar-refractivity contribution is 9.09. The fraction of sp³-hybridized carbons (Fsp3) is 0.455. The fourth-order valence-electron chi connectivity index (χ4n) is 1.32. The first-order valence-electron chi connectivity index (χ1n) is 5.00. The van der Waals surface area contributed by atoms with E-state index in [1.54, 1.807) is 30.4 Å². The molecule has 0 aliphatic carbocycles. The number of hydrogen-bond acceptors (Lipinski definition) is 3. The molecule has 0 fully saturated rings. The van der Waals surface area contributed by atoms with Crippen molar-refractivity contribution in [3.8, 4) is 5.75 Å². The van der Waals surface area contributed by atoms with Crippen molar-refractivity contribution in [2.24, 2.45) is 0 Å². The number of pyridine rings is 1. The zero-order valence-corrected chi connectivity index (χ0v) is 11.0. The molecule has 0 N–H and O–H groups in total. The van der Waals surface area contributed by atoms with Crippen LogP contribution in [0.5, 0.6) is 5.75 Å². The van der Waals surface area contributed by atoms with Crippen LogP contribution in [0.3, 0.4) is 0 Å². The molecular formula is C11H15BrN2O2. The summed E-state index contributed by atoms with van der Waals surface area (Å²) in [4.78, 5) is 17.6. The maximum Gasteiger partial charge on any atom is 0.257 e. The highest BCUT2D eigenvalue weighted by Crippen LogP contribution is 2.17. The highest BCUT2D eigenvalue weighted by atomic mass is 79.9. The average Bonchev–Trinajstić information content (AvgIpc) is 2.34. The minimum Gasteiger partial charge on any atom is -0.494 e. The van der Waals surface area contributed by atoms with Gasteiger partial charge in [-0.15, -0.1) is 0 Å². The van der Waals surface area contributed by atoms with E-state index < -0.39 is 0 Å². The smallest absolute Gasteiger partial charge is 0.257 e. The van der Waals surface area contributed by atoms with Crippen LogP contribution >= 0.6 is 15.9 Å². The molecule has 0 spiro atoms. The Morgan fingerprint density at radius 3 is 3.00 bits per heavy atom. The summed E-state index contributed by atoms with van der Waals surface area (Å²) in [6.45, 7) is 0.718. The summed E-state index contributed by atoms with van der Waals surface area (Å²) in [5.41, 5.74) is 0.551. The molecule has 0 saturated carbocycles. The second-order valence-corrected chi connectivity index (χ2v) is 4.14. The monoisotopic (exact) mass is 286 g/mol. The molecule has 16 heavy (non-hydrogen) atoms. The number of hydrogen-bond donors (Lipinski definition) is 0. The molecule has 0 aliphatic rings. The van der Waals surface area contributed by atoms with Crippen molar-refractivity contribution in [1.29, 1.82) is 0 Å². The van der Waals surface area contributed by atoms with Crippen LogP contribution in [-0.4, -0.2) is 41.8 Å². The molecule has 0 saturated heterocycles. The molecule has 1 aromatic rings. The molecule has 88 valence electrons. The molecular weight excluding hydrogens is 272 g/mol. The van der Waals surface area contributed by atoms with Gasteiger partial charge in [0.15, 0.2) is 0 Å². The van der Waals surface area contributed by atoms with Crippen molar-refractivity contribution in [1.82, 2.24) is 9.88 Å². The normalized spacial score (nSPS) is 9.94. The van der Waals surface area contributed by atoms with Crippen LogP contribution in [0.25, 0.3) is 0 Å². The lowest BCUT2D eigenvalue weighted by molar-refractivity contribution is 0.0792. The summed E-state index contributed by atoms with van der Waals surface area (Å²) in [6.07, 6.45) is 4.06. The lowest BCUT2D eigenvalue weighted by Gasteiger charge is -2.17. The second kappa shape index (κ2) is 6.48. The first-order valence-corrected chi connectivity index (χ1v) is 6.12. The first-order chi connectivity index (χ1) is 7.70. The van der Waals surface area contributed by atoms with Crippen molar-refractivity contribution in [2.45, 2.75) is 6.42 Å². The first kappa shape index (κ1) is 13.0. The molecule has 0 radical (unpaired) electrons. The van der Waals surface area contributed by atoms with Crippen LogP contribution in [0.2, 0.25) is 0 Å². The number of halogens is 1. The number of amides is 1. The number of carbonyl (C=O) groups excluding carboxylic acids is 1. The zero-order chi connectivity index (χ0) is 12.0. The van der Waals surface area contributed by atoms with Crippen LogP contribution in [0.4, 0.5) is 0 Å². The van der Waals surface area contributed by atoms with Crippen molar-refractivity contribution >= 4 is 21.8 Å². The number of methoxy groups -OCH3 is 1. The van der Waals surface area contributed by atoms with Gasteiger partial charge in [-0.05, 0) is 12.5 Å². The van der Waals surface area contributed by atoms with E-state index in [2.05, 4.69) is 20.9 Å². The standard InChI is InChI=1S/C11H15BrN2O2/c1-14(7-3-5-12)11(15)9-4-6-13-8-10(9)16-2/h4,6,8H,3,5,7H2,1-2H3. The van der Waals surface area contributed by atoms with Gasteiger partial charge >= 0.3 is 0 Å². The summed E-state index contributed by atoms with van der Waals surface area (Å²) in [6, 6.07) is 1.67. The third-order valence-electron chi connectivity index (χ3n) is 2.21. The molecule has 1 heterocycles. The Labute approximate surface area is 104 Å². The molecule has 1 aromatic heterocycles. The lowest BCUT2D eigenvalue weighted by Crippen LogP contribution is -2.28. The second-order valence-electron chi connectivity index (χ2n) is 3.35. The van der Waals surface area contributed by atoms with Gasteiger partial charge in [0, 0.05) is 25.1 Å². The minimum atomic E-state index is -0.0415. The number of aromatic nitrogens is 1. The van der Waals surface area contributed by atoms with E-state index >= 15 is 0 Å². The predicted molar refractivity (Wildman–Crippen MR) is 66.2 cm³/mol. The van der Waals surface area contributed by atoms with Crippen molar-refractivity contribution < 1.29 is 9.53 Å². The molecule has 1 amide bonds. The summed E-state index contributed by atoms with van der Waals surface area (Å²) in [7, 11) is 3.32. The molecule has 0 atom stereocenters. The van der Waals surface area contributed by atoms with E-state index in [0.717, 1.165) is 18.3 Å². The maximum atomic E-state index is 12.0. The predicted octanol–water partition coefficient (Wildman–Crippen LogP) is 1.95. The van der Waals surface area contributed by atoms with Crippen LogP contribution in [0.15, 0.2) is 18.5 Å². The molecule has 5 heteroatoms. The van der Waals surface area contributed by atoms with E-state index in [9.17, 15) is 4.79 Å². The molecule has 4 nitrogen and oxygen atoms in total. The van der Waals surface area contributed by atoms with Gasteiger partial charge in [0.2, 0.25) is 0 Å². The lowest BCUT2D eigenvalue weighted by atomic mass is 10.2. The zero-order valence-electron chi connectivity index (χ0n) is 9.44. The van der Waals surface area contributed by atoms with E-state index in [-0.39, 0.29) is 5.91 Å². The fourth-order valence-corrected chi connectivity index (χ4v) is 1.57.